The highest BCUT2D eigenvalue weighted by Gasteiger charge is 2.23. The van der Waals surface area contributed by atoms with Crippen molar-refractivity contribution in [2.45, 2.75) is 45.3 Å². The van der Waals surface area contributed by atoms with Crippen molar-refractivity contribution in [2.75, 3.05) is 0 Å². The molecule has 0 saturated heterocycles. The molecule has 1 rings (SSSR count). The summed E-state index contributed by atoms with van der Waals surface area (Å²) in [6.45, 7) is 5.13. The number of alkyl halides is 2. The lowest BCUT2D eigenvalue weighted by molar-refractivity contribution is 0.0472. The van der Waals surface area contributed by atoms with Crippen molar-refractivity contribution in [3.8, 4) is 0 Å². The lowest BCUT2D eigenvalue weighted by Crippen LogP contribution is -2.35. The maximum Gasteiger partial charge on any atom is 0.408 e. The fourth-order valence-corrected chi connectivity index (χ4v) is 1.50. The van der Waals surface area contributed by atoms with Gasteiger partial charge in [0.2, 0.25) is 6.43 Å². The van der Waals surface area contributed by atoms with Gasteiger partial charge >= 0.3 is 6.09 Å². The van der Waals surface area contributed by atoms with Gasteiger partial charge in [-0.3, -0.25) is 4.98 Å². The molecule has 1 atom stereocenters. The number of hydrogen-bond donors (Lipinski definition) is 1. The molecule has 1 aromatic rings. The van der Waals surface area contributed by atoms with E-state index in [-0.39, 0.29) is 0 Å². The second-order valence-electron chi connectivity index (χ2n) is 5.11. The minimum atomic E-state index is -2.52. The van der Waals surface area contributed by atoms with Gasteiger partial charge in [-0.1, -0.05) is 0 Å². The topological polar surface area (TPSA) is 51.2 Å². The first kappa shape index (κ1) is 15.3. The van der Waals surface area contributed by atoms with E-state index in [2.05, 4.69) is 10.3 Å². The van der Waals surface area contributed by atoms with Crippen LogP contribution in [0.4, 0.5) is 13.6 Å². The van der Waals surface area contributed by atoms with Crippen molar-refractivity contribution in [1.82, 2.24) is 10.3 Å². The molecule has 0 bridgehead atoms. The minimum Gasteiger partial charge on any atom is -0.444 e. The molecule has 0 saturated carbocycles. The van der Waals surface area contributed by atoms with Crippen LogP contribution in [0.25, 0.3) is 0 Å². The Hall–Kier alpha value is -1.72. The smallest absolute Gasteiger partial charge is 0.408 e. The lowest BCUT2D eigenvalue weighted by atomic mass is 10.1. The Morgan fingerprint density at radius 1 is 1.37 bits per heavy atom. The van der Waals surface area contributed by atoms with Gasteiger partial charge in [-0.15, -0.1) is 0 Å². The molecule has 1 aromatic heterocycles. The van der Waals surface area contributed by atoms with Crippen LogP contribution in [0.5, 0.6) is 0 Å². The molecule has 1 N–H and O–H groups in total. The Bertz CT molecular complexity index is 405. The van der Waals surface area contributed by atoms with Crippen molar-refractivity contribution in [2.24, 2.45) is 0 Å². The van der Waals surface area contributed by atoms with E-state index in [1.807, 2.05) is 0 Å². The molecule has 1 heterocycles. The standard InChI is InChI=1S/C13H18F2N2O2/c1-13(2,3)19-12(18)17-10(8-11(14)15)9-4-6-16-7-5-9/h4-7,10-11H,8H2,1-3H3,(H,17,18). The molecule has 1 amide bonds. The Morgan fingerprint density at radius 2 is 1.95 bits per heavy atom. The van der Waals surface area contributed by atoms with E-state index in [9.17, 15) is 13.6 Å². The molecule has 4 nitrogen and oxygen atoms in total. The van der Waals surface area contributed by atoms with Crippen molar-refractivity contribution in [3.05, 3.63) is 30.1 Å². The van der Waals surface area contributed by atoms with Crippen molar-refractivity contribution in [1.29, 1.82) is 0 Å². The Kier molecular flexibility index (Phi) is 5.20. The van der Waals surface area contributed by atoms with Gasteiger partial charge in [-0.25, -0.2) is 13.6 Å². The van der Waals surface area contributed by atoms with Crippen LogP contribution < -0.4 is 5.32 Å². The number of alkyl carbamates (subject to hydrolysis) is 1. The van der Waals surface area contributed by atoms with E-state index in [0.29, 0.717) is 5.56 Å². The molecule has 19 heavy (non-hydrogen) atoms. The summed E-state index contributed by atoms with van der Waals surface area (Å²) >= 11 is 0. The highest BCUT2D eigenvalue weighted by molar-refractivity contribution is 5.68. The first-order valence-corrected chi connectivity index (χ1v) is 5.95. The SMILES string of the molecule is CC(C)(C)OC(=O)NC(CC(F)F)c1ccncc1. The number of pyridine rings is 1. The fraction of sp³-hybridized carbons (Fsp3) is 0.538. The van der Waals surface area contributed by atoms with E-state index >= 15 is 0 Å². The van der Waals surface area contributed by atoms with Crippen molar-refractivity contribution in [3.63, 3.8) is 0 Å². The van der Waals surface area contributed by atoms with E-state index in [4.69, 9.17) is 4.74 Å². The Balaban J connectivity index is 2.73. The van der Waals surface area contributed by atoms with Crippen LogP contribution in [0.1, 0.15) is 38.8 Å². The Morgan fingerprint density at radius 3 is 2.42 bits per heavy atom. The van der Waals surface area contributed by atoms with Gasteiger partial charge in [0, 0.05) is 18.8 Å². The number of nitrogens with one attached hydrogen (secondary N) is 1. The third kappa shape index (κ3) is 6.13. The number of ether oxygens (including phenoxy) is 1. The predicted molar refractivity (Wildman–Crippen MR) is 67.0 cm³/mol. The lowest BCUT2D eigenvalue weighted by Gasteiger charge is -2.23. The second kappa shape index (κ2) is 6.45. The summed E-state index contributed by atoms with van der Waals surface area (Å²) in [5.74, 6) is 0. The molecule has 0 aliphatic rings. The van der Waals surface area contributed by atoms with Crippen LogP contribution in [0.2, 0.25) is 0 Å². The predicted octanol–water partition coefficient (Wildman–Crippen LogP) is 3.30. The highest BCUT2D eigenvalue weighted by Crippen LogP contribution is 2.20. The average Bonchev–Trinajstić information content (AvgIpc) is 2.26. The summed E-state index contributed by atoms with van der Waals surface area (Å²) in [5, 5.41) is 2.45. The number of carbonyl (C=O) groups is 1. The normalized spacial score (nSPS) is 13.2. The van der Waals surface area contributed by atoms with E-state index in [0.717, 1.165) is 0 Å². The molecule has 0 aliphatic carbocycles. The number of halogens is 2. The summed E-state index contributed by atoms with van der Waals surface area (Å²) < 4.78 is 30.2. The minimum absolute atomic E-state index is 0.469. The molecule has 0 aliphatic heterocycles. The molecule has 1 unspecified atom stereocenters. The van der Waals surface area contributed by atoms with Gasteiger partial charge in [0.1, 0.15) is 5.60 Å². The molecule has 0 spiro atoms. The summed E-state index contributed by atoms with van der Waals surface area (Å²) in [6.07, 6.45) is -0.721. The number of aromatic nitrogens is 1. The third-order valence-electron chi connectivity index (χ3n) is 2.21. The molecule has 106 valence electrons. The Labute approximate surface area is 111 Å². The summed E-state index contributed by atoms with van der Waals surface area (Å²) in [4.78, 5) is 15.4. The molecule has 0 aromatic carbocycles. The maximum absolute atomic E-state index is 12.6. The van der Waals surface area contributed by atoms with Gasteiger partial charge in [-0.2, -0.15) is 0 Å². The van der Waals surface area contributed by atoms with E-state index < -0.39 is 30.6 Å². The van der Waals surface area contributed by atoms with Crippen LogP contribution in [-0.4, -0.2) is 23.1 Å². The van der Waals surface area contributed by atoms with Crippen LogP contribution >= 0.6 is 0 Å². The average molecular weight is 272 g/mol. The second-order valence-corrected chi connectivity index (χ2v) is 5.11. The van der Waals surface area contributed by atoms with Crippen LogP contribution in [0.3, 0.4) is 0 Å². The molecule has 0 radical (unpaired) electrons. The molecule has 0 fully saturated rings. The number of rotatable bonds is 4. The third-order valence-corrected chi connectivity index (χ3v) is 2.21. The van der Waals surface area contributed by atoms with Gasteiger partial charge in [0.15, 0.2) is 0 Å². The zero-order chi connectivity index (χ0) is 14.5. The number of amides is 1. The quantitative estimate of drug-likeness (QED) is 0.915. The highest BCUT2D eigenvalue weighted by atomic mass is 19.3. The molecule has 6 heteroatoms. The fourth-order valence-electron chi connectivity index (χ4n) is 1.50. The summed E-state index contributed by atoms with van der Waals surface area (Å²) in [5.41, 5.74) is -0.0984. The molecular formula is C13H18F2N2O2. The number of hydrogen-bond acceptors (Lipinski definition) is 3. The summed E-state index contributed by atoms with van der Waals surface area (Å²) in [6, 6.07) is 2.38. The van der Waals surface area contributed by atoms with Crippen molar-refractivity contribution >= 4 is 6.09 Å². The van der Waals surface area contributed by atoms with Gasteiger partial charge in [-0.05, 0) is 38.5 Å². The maximum atomic E-state index is 12.6. The zero-order valence-electron chi connectivity index (χ0n) is 11.2. The van der Waals surface area contributed by atoms with E-state index in [1.165, 1.54) is 12.4 Å². The first-order valence-electron chi connectivity index (χ1n) is 5.95. The number of nitrogens with zero attached hydrogens (tertiary/aromatic N) is 1. The zero-order valence-corrected chi connectivity index (χ0v) is 11.2. The van der Waals surface area contributed by atoms with E-state index in [1.54, 1.807) is 32.9 Å². The largest absolute Gasteiger partial charge is 0.444 e. The monoisotopic (exact) mass is 272 g/mol. The van der Waals surface area contributed by atoms with Crippen LogP contribution in [0.15, 0.2) is 24.5 Å². The van der Waals surface area contributed by atoms with Gasteiger partial charge in [0.05, 0.1) is 6.04 Å². The summed E-state index contributed by atoms with van der Waals surface area (Å²) in [7, 11) is 0. The van der Waals surface area contributed by atoms with Crippen LogP contribution in [-0.2, 0) is 4.74 Å². The van der Waals surface area contributed by atoms with Crippen molar-refractivity contribution < 1.29 is 18.3 Å². The number of carbonyl (C=O) groups excluding carboxylic acids is 1. The van der Waals surface area contributed by atoms with Gasteiger partial charge in [0.25, 0.3) is 0 Å². The molecular weight excluding hydrogens is 254 g/mol. The first-order chi connectivity index (χ1) is 8.78. The van der Waals surface area contributed by atoms with Gasteiger partial charge < -0.3 is 10.1 Å². The van der Waals surface area contributed by atoms with Crippen LogP contribution in [0, 0.1) is 0 Å².